The Bertz CT molecular complexity index is 336. The fourth-order valence-electron chi connectivity index (χ4n) is 1.24. The monoisotopic (exact) mass is 178 g/mol. The molecule has 1 saturated heterocycles. The lowest BCUT2D eigenvalue weighted by Crippen LogP contribution is -2.03. The third-order valence-corrected chi connectivity index (χ3v) is 2.32. The normalized spacial score (nSPS) is 25.6. The molecule has 0 amide bonds. The quantitative estimate of drug-likeness (QED) is 0.700. The van der Waals surface area contributed by atoms with Gasteiger partial charge in [0, 0.05) is 0 Å². The minimum atomic E-state index is -0.895. The molecule has 0 radical (unpaired) electrons. The van der Waals surface area contributed by atoms with Crippen molar-refractivity contribution in [1.82, 2.24) is 0 Å². The van der Waals surface area contributed by atoms with E-state index in [4.69, 9.17) is 9.84 Å². The van der Waals surface area contributed by atoms with E-state index in [1.165, 1.54) is 0 Å². The summed E-state index contributed by atoms with van der Waals surface area (Å²) in [5.41, 5.74) is 1.18. The maximum absolute atomic E-state index is 10.5. The number of rotatable bonds is 2. The average molecular weight is 178 g/mol. The lowest BCUT2D eigenvalue weighted by atomic mass is 10.0. The molecule has 0 saturated carbocycles. The molecule has 2 rings (SSSR count). The molecule has 1 fully saturated rings. The van der Waals surface area contributed by atoms with E-state index in [1.54, 1.807) is 24.3 Å². The molecule has 0 bridgehead atoms. The van der Waals surface area contributed by atoms with Gasteiger partial charge in [-0.15, -0.1) is 0 Å². The molecule has 0 spiro atoms. The Hall–Kier alpha value is -1.35. The number of aromatic carboxylic acids is 1. The Balaban J connectivity index is 2.28. The Morgan fingerprint density at radius 1 is 1.46 bits per heavy atom. The maximum atomic E-state index is 10.5. The fourth-order valence-corrected chi connectivity index (χ4v) is 1.24. The second-order valence-electron chi connectivity index (χ2n) is 3.40. The van der Waals surface area contributed by atoms with Crippen molar-refractivity contribution in [3.05, 3.63) is 35.4 Å². The van der Waals surface area contributed by atoms with Crippen LogP contribution in [0.15, 0.2) is 24.3 Å². The van der Waals surface area contributed by atoms with Crippen molar-refractivity contribution >= 4 is 5.97 Å². The summed E-state index contributed by atoms with van der Waals surface area (Å²) in [5.74, 6) is -0.895. The molecular formula is C10H10O3. The minimum Gasteiger partial charge on any atom is -0.478 e. The van der Waals surface area contributed by atoms with Gasteiger partial charge in [0.15, 0.2) is 0 Å². The Morgan fingerprint density at radius 3 is 2.38 bits per heavy atom. The Labute approximate surface area is 76.0 Å². The highest BCUT2D eigenvalue weighted by atomic mass is 16.6. The highest BCUT2D eigenvalue weighted by Gasteiger charge is 2.40. The number of benzene rings is 1. The largest absolute Gasteiger partial charge is 0.478 e. The van der Waals surface area contributed by atoms with E-state index in [1.807, 2.05) is 6.92 Å². The van der Waals surface area contributed by atoms with Gasteiger partial charge in [0.25, 0.3) is 0 Å². The van der Waals surface area contributed by atoms with Crippen molar-refractivity contribution in [1.29, 1.82) is 0 Å². The van der Waals surface area contributed by atoms with E-state index < -0.39 is 5.97 Å². The zero-order valence-corrected chi connectivity index (χ0v) is 7.28. The van der Waals surface area contributed by atoms with Crippen molar-refractivity contribution in [2.75, 3.05) is 6.61 Å². The van der Waals surface area contributed by atoms with Crippen LogP contribution < -0.4 is 0 Å². The second-order valence-corrected chi connectivity index (χ2v) is 3.40. The lowest BCUT2D eigenvalue weighted by molar-refractivity contribution is 0.0697. The van der Waals surface area contributed by atoms with Gasteiger partial charge in [-0.25, -0.2) is 4.79 Å². The fraction of sp³-hybridized carbons (Fsp3) is 0.300. The molecule has 1 atom stereocenters. The topological polar surface area (TPSA) is 49.8 Å². The van der Waals surface area contributed by atoms with Gasteiger partial charge in [-0.05, 0) is 24.6 Å². The van der Waals surface area contributed by atoms with Crippen LogP contribution in [0.2, 0.25) is 0 Å². The SMILES string of the molecule is CC1(c2ccc(C(=O)O)cc2)CO1. The van der Waals surface area contributed by atoms with Crippen LogP contribution in [-0.2, 0) is 10.3 Å². The smallest absolute Gasteiger partial charge is 0.335 e. The van der Waals surface area contributed by atoms with Gasteiger partial charge in [-0.1, -0.05) is 12.1 Å². The molecule has 1 N–H and O–H groups in total. The van der Waals surface area contributed by atoms with Crippen molar-refractivity contribution in [2.24, 2.45) is 0 Å². The molecule has 1 heterocycles. The summed E-state index contributed by atoms with van der Waals surface area (Å²) >= 11 is 0. The van der Waals surface area contributed by atoms with E-state index in [2.05, 4.69) is 0 Å². The van der Waals surface area contributed by atoms with Gasteiger partial charge in [-0.2, -0.15) is 0 Å². The molecule has 0 aromatic heterocycles. The summed E-state index contributed by atoms with van der Waals surface area (Å²) in [7, 11) is 0. The first-order valence-electron chi connectivity index (χ1n) is 4.10. The summed E-state index contributed by atoms with van der Waals surface area (Å²) in [5, 5.41) is 8.66. The van der Waals surface area contributed by atoms with Gasteiger partial charge < -0.3 is 9.84 Å². The Morgan fingerprint density at radius 2 is 2.00 bits per heavy atom. The molecule has 1 unspecified atom stereocenters. The third-order valence-electron chi connectivity index (χ3n) is 2.32. The van der Waals surface area contributed by atoms with E-state index in [-0.39, 0.29) is 5.60 Å². The van der Waals surface area contributed by atoms with Crippen LogP contribution in [0.4, 0.5) is 0 Å². The number of carboxylic acids is 1. The highest BCUT2D eigenvalue weighted by molar-refractivity contribution is 5.87. The first-order chi connectivity index (χ1) is 6.12. The van der Waals surface area contributed by atoms with E-state index in [0.717, 1.165) is 12.2 Å². The van der Waals surface area contributed by atoms with Crippen LogP contribution in [0, 0.1) is 0 Å². The summed E-state index contributed by atoms with van der Waals surface area (Å²) in [6.45, 7) is 2.71. The predicted octanol–water partition coefficient (Wildman–Crippen LogP) is 1.63. The molecule has 0 aliphatic carbocycles. The number of epoxide rings is 1. The van der Waals surface area contributed by atoms with E-state index in [9.17, 15) is 4.79 Å². The van der Waals surface area contributed by atoms with Crippen LogP contribution in [0.3, 0.4) is 0 Å². The Kier molecular flexibility index (Phi) is 1.63. The van der Waals surface area contributed by atoms with Crippen molar-refractivity contribution < 1.29 is 14.6 Å². The predicted molar refractivity (Wildman–Crippen MR) is 46.7 cm³/mol. The summed E-state index contributed by atoms with van der Waals surface area (Å²) < 4.78 is 5.23. The molecule has 1 aromatic rings. The minimum absolute atomic E-state index is 0.170. The van der Waals surface area contributed by atoms with Gasteiger partial charge in [0.1, 0.15) is 5.60 Å². The van der Waals surface area contributed by atoms with Crippen molar-refractivity contribution in [3.8, 4) is 0 Å². The average Bonchev–Trinajstić information content (AvgIpc) is 2.85. The molecule has 3 heteroatoms. The van der Waals surface area contributed by atoms with Gasteiger partial charge in [0.2, 0.25) is 0 Å². The molecule has 68 valence electrons. The van der Waals surface area contributed by atoms with Crippen LogP contribution in [0.25, 0.3) is 0 Å². The molecule has 3 nitrogen and oxygen atoms in total. The zero-order chi connectivity index (χ0) is 9.47. The van der Waals surface area contributed by atoms with Crippen LogP contribution in [-0.4, -0.2) is 17.7 Å². The van der Waals surface area contributed by atoms with Crippen molar-refractivity contribution in [3.63, 3.8) is 0 Å². The standard InChI is InChI=1S/C10H10O3/c1-10(6-13-10)8-4-2-7(3-5-8)9(11)12/h2-5H,6H2,1H3,(H,11,12). The number of hydrogen-bond acceptors (Lipinski definition) is 2. The van der Waals surface area contributed by atoms with E-state index in [0.29, 0.717) is 5.56 Å². The number of ether oxygens (including phenoxy) is 1. The van der Waals surface area contributed by atoms with Crippen LogP contribution in [0.1, 0.15) is 22.8 Å². The number of hydrogen-bond donors (Lipinski definition) is 1. The van der Waals surface area contributed by atoms with Crippen molar-refractivity contribution in [2.45, 2.75) is 12.5 Å². The lowest BCUT2D eigenvalue weighted by Gasteiger charge is -2.04. The number of carboxylic acid groups (broad SMARTS) is 1. The molecule has 1 aliphatic heterocycles. The van der Waals surface area contributed by atoms with Gasteiger partial charge in [-0.3, -0.25) is 0 Å². The second kappa shape index (κ2) is 2.57. The first-order valence-corrected chi connectivity index (χ1v) is 4.10. The van der Waals surface area contributed by atoms with Gasteiger partial charge >= 0.3 is 5.97 Å². The summed E-state index contributed by atoms with van der Waals surface area (Å²) in [4.78, 5) is 10.5. The van der Waals surface area contributed by atoms with E-state index >= 15 is 0 Å². The first kappa shape index (κ1) is 8.26. The maximum Gasteiger partial charge on any atom is 0.335 e. The molecule has 13 heavy (non-hydrogen) atoms. The molecule has 1 aliphatic rings. The molecular weight excluding hydrogens is 168 g/mol. The van der Waals surface area contributed by atoms with Crippen LogP contribution in [0.5, 0.6) is 0 Å². The highest BCUT2D eigenvalue weighted by Crippen LogP contribution is 2.37. The summed E-state index contributed by atoms with van der Waals surface area (Å²) in [6, 6.07) is 6.81. The third kappa shape index (κ3) is 1.42. The summed E-state index contributed by atoms with van der Waals surface area (Å²) in [6.07, 6.45) is 0. The van der Waals surface area contributed by atoms with Crippen LogP contribution >= 0.6 is 0 Å². The van der Waals surface area contributed by atoms with Gasteiger partial charge in [0.05, 0.1) is 12.2 Å². The number of carbonyl (C=O) groups is 1. The molecule has 1 aromatic carbocycles. The zero-order valence-electron chi connectivity index (χ0n) is 7.28.